The standard InChI is InChI=1S/C11H13N3O3S/c1-11(2,6-15)13-9(16)10-12-8(14-17-10)7-4-3-5-18-7/h3-5,15H,6H2,1-2H3,(H,13,16). The molecule has 0 saturated carbocycles. The highest BCUT2D eigenvalue weighted by molar-refractivity contribution is 7.13. The maximum absolute atomic E-state index is 11.8. The SMILES string of the molecule is CC(C)(CO)NC(=O)c1nc(-c2cccs2)no1. The van der Waals surface area contributed by atoms with E-state index in [1.54, 1.807) is 13.8 Å². The largest absolute Gasteiger partial charge is 0.394 e. The molecule has 1 amide bonds. The lowest BCUT2D eigenvalue weighted by Gasteiger charge is -2.21. The summed E-state index contributed by atoms with van der Waals surface area (Å²) in [6.07, 6.45) is 0. The summed E-state index contributed by atoms with van der Waals surface area (Å²) in [4.78, 5) is 16.6. The van der Waals surface area contributed by atoms with Gasteiger partial charge in [0.25, 0.3) is 0 Å². The molecule has 0 aliphatic carbocycles. The van der Waals surface area contributed by atoms with E-state index in [1.807, 2.05) is 17.5 Å². The van der Waals surface area contributed by atoms with Gasteiger partial charge in [-0.2, -0.15) is 4.98 Å². The third-order valence-electron chi connectivity index (χ3n) is 2.21. The van der Waals surface area contributed by atoms with E-state index in [0.717, 1.165) is 4.88 Å². The van der Waals surface area contributed by atoms with Crippen LogP contribution in [0.4, 0.5) is 0 Å². The van der Waals surface area contributed by atoms with Gasteiger partial charge in [-0.15, -0.1) is 11.3 Å². The minimum Gasteiger partial charge on any atom is -0.394 e. The zero-order valence-corrected chi connectivity index (χ0v) is 10.8. The molecule has 7 heteroatoms. The van der Waals surface area contributed by atoms with Crippen molar-refractivity contribution in [3.8, 4) is 10.7 Å². The van der Waals surface area contributed by atoms with Crippen LogP contribution < -0.4 is 5.32 Å². The molecule has 0 spiro atoms. The predicted molar refractivity (Wildman–Crippen MR) is 66.2 cm³/mol. The van der Waals surface area contributed by atoms with E-state index in [0.29, 0.717) is 5.82 Å². The number of aliphatic hydroxyl groups excluding tert-OH is 1. The van der Waals surface area contributed by atoms with Crippen molar-refractivity contribution in [3.05, 3.63) is 23.4 Å². The fourth-order valence-electron chi connectivity index (χ4n) is 1.22. The highest BCUT2D eigenvalue weighted by Gasteiger charge is 2.24. The van der Waals surface area contributed by atoms with Crippen LogP contribution in [0.3, 0.4) is 0 Å². The molecule has 0 radical (unpaired) electrons. The number of nitrogens with one attached hydrogen (secondary N) is 1. The second-order valence-corrected chi connectivity index (χ2v) is 5.34. The van der Waals surface area contributed by atoms with Crippen molar-refractivity contribution in [2.45, 2.75) is 19.4 Å². The molecule has 2 heterocycles. The Bertz CT molecular complexity index is 533. The lowest BCUT2D eigenvalue weighted by atomic mass is 10.1. The van der Waals surface area contributed by atoms with Crippen molar-refractivity contribution in [2.75, 3.05) is 6.61 Å². The number of aliphatic hydroxyl groups is 1. The fourth-order valence-corrected chi connectivity index (χ4v) is 1.87. The Morgan fingerprint density at radius 1 is 1.61 bits per heavy atom. The van der Waals surface area contributed by atoms with Crippen molar-refractivity contribution in [1.82, 2.24) is 15.5 Å². The van der Waals surface area contributed by atoms with Crippen molar-refractivity contribution in [3.63, 3.8) is 0 Å². The van der Waals surface area contributed by atoms with E-state index < -0.39 is 11.4 Å². The smallest absolute Gasteiger partial charge is 0.316 e. The highest BCUT2D eigenvalue weighted by Crippen LogP contribution is 2.21. The molecule has 0 bridgehead atoms. The van der Waals surface area contributed by atoms with Crippen molar-refractivity contribution in [2.24, 2.45) is 0 Å². The predicted octanol–water partition coefficient (Wildman–Crippen LogP) is 1.30. The molecule has 0 unspecified atom stereocenters. The average molecular weight is 267 g/mol. The Labute approximate surface area is 108 Å². The number of rotatable bonds is 4. The maximum Gasteiger partial charge on any atom is 0.316 e. The molecule has 2 rings (SSSR count). The molecule has 0 atom stereocenters. The summed E-state index contributed by atoms with van der Waals surface area (Å²) in [5.74, 6) is -0.221. The van der Waals surface area contributed by atoms with Gasteiger partial charge in [-0.1, -0.05) is 11.2 Å². The monoisotopic (exact) mass is 267 g/mol. The summed E-state index contributed by atoms with van der Waals surface area (Å²) in [6.45, 7) is 3.22. The molecule has 18 heavy (non-hydrogen) atoms. The summed E-state index contributed by atoms with van der Waals surface area (Å²) in [5, 5.41) is 17.3. The van der Waals surface area contributed by atoms with Crippen LogP contribution >= 0.6 is 11.3 Å². The fraction of sp³-hybridized carbons (Fsp3) is 0.364. The first-order valence-electron chi connectivity index (χ1n) is 5.33. The van der Waals surface area contributed by atoms with Crippen LogP contribution in [0.15, 0.2) is 22.0 Å². The van der Waals surface area contributed by atoms with Crippen molar-refractivity contribution >= 4 is 17.2 Å². The van der Waals surface area contributed by atoms with E-state index >= 15 is 0 Å². The van der Waals surface area contributed by atoms with Crippen LogP contribution in [0.2, 0.25) is 0 Å². The molecule has 6 nitrogen and oxygen atoms in total. The van der Waals surface area contributed by atoms with Gasteiger partial charge in [0, 0.05) is 0 Å². The normalized spacial score (nSPS) is 11.5. The first kappa shape index (κ1) is 12.7. The summed E-state index contributed by atoms with van der Waals surface area (Å²) in [5.41, 5.74) is -0.728. The first-order chi connectivity index (χ1) is 8.52. The Morgan fingerprint density at radius 3 is 3.00 bits per heavy atom. The number of hydrogen-bond donors (Lipinski definition) is 2. The molecule has 2 aromatic rings. The maximum atomic E-state index is 11.8. The summed E-state index contributed by atoms with van der Waals surface area (Å²) < 4.78 is 4.89. The van der Waals surface area contributed by atoms with Gasteiger partial charge in [0.2, 0.25) is 5.82 Å². The third-order valence-corrected chi connectivity index (χ3v) is 3.07. The molecular weight excluding hydrogens is 254 g/mol. The van der Waals surface area contributed by atoms with Crippen LogP contribution in [0.1, 0.15) is 24.5 Å². The van der Waals surface area contributed by atoms with Gasteiger partial charge in [-0.05, 0) is 25.3 Å². The Hall–Kier alpha value is -1.73. The zero-order valence-electron chi connectivity index (χ0n) is 10.0. The third kappa shape index (κ3) is 2.74. The van der Waals surface area contributed by atoms with Crippen LogP contribution in [-0.2, 0) is 0 Å². The van der Waals surface area contributed by atoms with Crippen molar-refractivity contribution < 1.29 is 14.4 Å². The second-order valence-electron chi connectivity index (χ2n) is 4.40. The molecule has 0 aliphatic heterocycles. The molecular formula is C11H13N3O3S. The molecule has 0 aliphatic rings. The van der Waals surface area contributed by atoms with E-state index in [2.05, 4.69) is 15.5 Å². The number of carbonyl (C=O) groups excluding carboxylic acids is 1. The van der Waals surface area contributed by atoms with Gasteiger partial charge in [0.05, 0.1) is 17.0 Å². The number of aromatic nitrogens is 2. The lowest BCUT2D eigenvalue weighted by Crippen LogP contribution is -2.46. The minimum absolute atomic E-state index is 0.111. The summed E-state index contributed by atoms with van der Waals surface area (Å²) in [6, 6.07) is 3.71. The number of carbonyl (C=O) groups is 1. The van der Waals surface area contributed by atoms with Gasteiger partial charge in [0.1, 0.15) is 0 Å². The first-order valence-corrected chi connectivity index (χ1v) is 6.21. The lowest BCUT2D eigenvalue weighted by molar-refractivity contribution is 0.0825. The van der Waals surface area contributed by atoms with Crippen molar-refractivity contribution in [1.29, 1.82) is 0 Å². The van der Waals surface area contributed by atoms with Crippen LogP contribution in [-0.4, -0.2) is 33.3 Å². The topological polar surface area (TPSA) is 88.2 Å². The highest BCUT2D eigenvalue weighted by atomic mass is 32.1. The van der Waals surface area contributed by atoms with E-state index in [1.165, 1.54) is 11.3 Å². The average Bonchev–Trinajstić information content (AvgIpc) is 2.99. The van der Waals surface area contributed by atoms with Crippen LogP contribution in [0, 0.1) is 0 Å². The summed E-state index contributed by atoms with van der Waals surface area (Å²) in [7, 11) is 0. The molecule has 0 fully saturated rings. The van der Waals surface area contributed by atoms with E-state index in [-0.39, 0.29) is 12.5 Å². The van der Waals surface area contributed by atoms with Gasteiger partial charge in [0.15, 0.2) is 0 Å². The quantitative estimate of drug-likeness (QED) is 0.871. The zero-order chi connectivity index (χ0) is 13.2. The van der Waals surface area contributed by atoms with Gasteiger partial charge in [-0.25, -0.2) is 0 Å². The Balaban J connectivity index is 2.13. The van der Waals surface area contributed by atoms with Gasteiger partial charge >= 0.3 is 11.8 Å². The number of nitrogens with zero attached hydrogens (tertiary/aromatic N) is 2. The van der Waals surface area contributed by atoms with E-state index in [4.69, 9.17) is 9.63 Å². The number of hydrogen-bond acceptors (Lipinski definition) is 6. The molecule has 0 saturated heterocycles. The molecule has 0 aromatic carbocycles. The van der Waals surface area contributed by atoms with Crippen LogP contribution in [0.25, 0.3) is 10.7 Å². The summed E-state index contributed by atoms with van der Waals surface area (Å²) >= 11 is 1.46. The second kappa shape index (κ2) is 4.87. The Morgan fingerprint density at radius 2 is 2.39 bits per heavy atom. The minimum atomic E-state index is -0.728. The Kier molecular flexibility index (Phi) is 3.44. The molecule has 2 N–H and O–H groups in total. The molecule has 96 valence electrons. The van der Waals surface area contributed by atoms with Crippen LogP contribution in [0.5, 0.6) is 0 Å². The number of thiophene rings is 1. The number of amides is 1. The molecule has 2 aromatic heterocycles. The van der Waals surface area contributed by atoms with Gasteiger partial charge < -0.3 is 14.9 Å². The van der Waals surface area contributed by atoms with Gasteiger partial charge in [-0.3, -0.25) is 4.79 Å². The van der Waals surface area contributed by atoms with E-state index in [9.17, 15) is 4.79 Å².